The number of hydrogen-bond donors (Lipinski definition) is 1. The monoisotopic (exact) mass is 556 g/mol. The van der Waals surface area contributed by atoms with Gasteiger partial charge >= 0.3 is 0 Å². The minimum absolute atomic E-state index is 0. The molecule has 32 heavy (non-hydrogen) atoms. The first kappa shape index (κ1) is 24.9. The van der Waals surface area contributed by atoms with Crippen LogP contribution in [0.1, 0.15) is 36.4 Å². The zero-order valence-corrected chi connectivity index (χ0v) is 21.2. The molecule has 0 spiro atoms. The second-order valence-corrected chi connectivity index (χ2v) is 8.29. The number of halogens is 2. The molecular formula is C23H34FIN6O. The molecule has 2 atom stereocenters. The number of likely N-dealkylation sites (tertiary alicyclic amines) is 1. The number of hydrogen-bond acceptors (Lipinski definition) is 4. The predicted molar refractivity (Wildman–Crippen MR) is 135 cm³/mol. The maximum Gasteiger partial charge on any atom is 0.194 e. The summed E-state index contributed by atoms with van der Waals surface area (Å²) in [6.45, 7) is 8.46. The van der Waals surface area contributed by atoms with Crippen LogP contribution in [0.4, 0.5) is 4.39 Å². The molecule has 176 valence electrons. The van der Waals surface area contributed by atoms with Crippen molar-refractivity contribution in [3.05, 3.63) is 53.6 Å². The van der Waals surface area contributed by atoms with Gasteiger partial charge in [-0.3, -0.25) is 14.6 Å². The molecular weight excluding hydrogens is 522 g/mol. The van der Waals surface area contributed by atoms with E-state index in [1.807, 2.05) is 24.0 Å². The lowest BCUT2D eigenvalue weighted by atomic mass is 10.0. The van der Waals surface area contributed by atoms with E-state index >= 15 is 0 Å². The molecule has 3 heterocycles. The molecule has 1 N–H and O–H groups in total. The van der Waals surface area contributed by atoms with E-state index in [4.69, 9.17) is 9.73 Å². The van der Waals surface area contributed by atoms with Crippen molar-refractivity contribution in [1.82, 2.24) is 24.9 Å². The van der Waals surface area contributed by atoms with Crippen LogP contribution in [0, 0.1) is 5.82 Å². The van der Waals surface area contributed by atoms with Gasteiger partial charge in [-0.05, 0) is 36.6 Å². The lowest BCUT2D eigenvalue weighted by Gasteiger charge is -2.34. The van der Waals surface area contributed by atoms with Crippen LogP contribution < -0.4 is 5.32 Å². The normalized spacial score (nSPS) is 20.8. The molecule has 2 saturated heterocycles. The van der Waals surface area contributed by atoms with E-state index in [2.05, 4.69) is 33.3 Å². The lowest BCUT2D eigenvalue weighted by Crippen LogP contribution is -2.42. The summed E-state index contributed by atoms with van der Waals surface area (Å²) in [4.78, 5) is 9.71. The average molecular weight is 556 g/mol. The number of aliphatic imine (C=N–C) groups is 1. The number of nitrogens with one attached hydrogen (secondary N) is 1. The van der Waals surface area contributed by atoms with Gasteiger partial charge in [0.05, 0.1) is 32.0 Å². The Balaban J connectivity index is 0.00000289. The van der Waals surface area contributed by atoms with Crippen molar-refractivity contribution in [2.45, 2.75) is 25.3 Å². The van der Waals surface area contributed by atoms with Crippen LogP contribution in [0.3, 0.4) is 0 Å². The van der Waals surface area contributed by atoms with Crippen molar-refractivity contribution in [3.63, 3.8) is 0 Å². The van der Waals surface area contributed by atoms with Crippen LogP contribution >= 0.6 is 24.0 Å². The number of aryl methyl sites for hydroxylation is 1. The Morgan fingerprint density at radius 3 is 2.81 bits per heavy atom. The van der Waals surface area contributed by atoms with Crippen LogP contribution in [-0.4, -0.2) is 78.0 Å². The first-order chi connectivity index (χ1) is 15.1. The molecule has 1 aromatic heterocycles. The van der Waals surface area contributed by atoms with Crippen LogP contribution in [0.5, 0.6) is 0 Å². The zero-order valence-electron chi connectivity index (χ0n) is 18.9. The van der Waals surface area contributed by atoms with E-state index in [9.17, 15) is 4.39 Å². The Morgan fingerprint density at radius 2 is 2.12 bits per heavy atom. The van der Waals surface area contributed by atoms with Gasteiger partial charge in [-0.25, -0.2) is 4.39 Å². The Labute approximate surface area is 207 Å². The highest BCUT2D eigenvalue weighted by atomic mass is 127. The minimum atomic E-state index is -0.203. The van der Waals surface area contributed by atoms with Gasteiger partial charge in [0, 0.05) is 51.9 Å². The van der Waals surface area contributed by atoms with Crippen LogP contribution in [0.25, 0.3) is 0 Å². The molecule has 2 aliphatic heterocycles. The Morgan fingerprint density at radius 1 is 1.31 bits per heavy atom. The molecule has 0 bridgehead atoms. The highest BCUT2D eigenvalue weighted by molar-refractivity contribution is 14.0. The molecule has 1 aromatic carbocycles. The lowest BCUT2D eigenvalue weighted by molar-refractivity contribution is 0.0179. The van der Waals surface area contributed by atoms with Crippen molar-refractivity contribution in [2.75, 3.05) is 52.5 Å². The predicted octanol–water partition coefficient (Wildman–Crippen LogP) is 3.01. The standard InChI is InChI=1S/C23H33FN6O.HI/c1-3-25-23(30-8-7-19(17-30)20-14-27-28(2)16-20)26-15-22(29-9-11-31-12-10-29)18-5-4-6-21(24)13-18;/h4-6,13-14,16,19,22H,3,7-12,15,17H2,1-2H3,(H,25,26);1H. The maximum absolute atomic E-state index is 14.0. The number of guanidine groups is 1. The van der Waals surface area contributed by atoms with Crippen LogP contribution in [-0.2, 0) is 11.8 Å². The van der Waals surface area contributed by atoms with Crippen molar-refractivity contribution < 1.29 is 9.13 Å². The first-order valence-electron chi connectivity index (χ1n) is 11.2. The highest BCUT2D eigenvalue weighted by Crippen LogP contribution is 2.27. The van der Waals surface area contributed by atoms with E-state index in [-0.39, 0.29) is 35.8 Å². The fourth-order valence-electron chi connectivity index (χ4n) is 4.51. The molecule has 0 aliphatic carbocycles. The van der Waals surface area contributed by atoms with E-state index in [1.54, 1.807) is 12.1 Å². The van der Waals surface area contributed by atoms with E-state index in [0.717, 1.165) is 50.7 Å². The summed E-state index contributed by atoms with van der Waals surface area (Å²) in [6, 6.07) is 6.95. The number of aromatic nitrogens is 2. The smallest absolute Gasteiger partial charge is 0.194 e. The molecule has 7 nitrogen and oxygen atoms in total. The molecule has 2 aromatic rings. The van der Waals surface area contributed by atoms with Gasteiger partial charge in [-0.15, -0.1) is 24.0 Å². The average Bonchev–Trinajstić information content (AvgIpc) is 3.43. The Hall–Kier alpha value is -1.72. The molecule has 0 radical (unpaired) electrons. The number of nitrogens with zero attached hydrogens (tertiary/aromatic N) is 5. The zero-order chi connectivity index (χ0) is 21.6. The molecule has 2 aliphatic rings. The SMILES string of the molecule is CCNC(=NCC(c1cccc(F)c1)N1CCOCC1)N1CCC(c2cnn(C)c2)C1.I. The van der Waals surface area contributed by atoms with Crippen molar-refractivity contribution >= 4 is 29.9 Å². The summed E-state index contributed by atoms with van der Waals surface area (Å²) in [6.07, 6.45) is 5.17. The summed E-state index contributed by atoms with van der Waals surface area (Å²) < 4.78 is 21.4. The molecule has 0 saturated carbocycles. The number of morpholine rings is 1. The van der Waals surface area contributed by atoms with Gasteiger partial charge in [-0.2, -0.15) is 5.10 Å². The largest absolute Gasteiger partial charge is 0.379 e. The summed E-state index contributed by atoms with van der Waals surface area (Å²) in [5, 5.41) is 7.79. The van der Waals surface area contributed by atoms with Crippen molar-refractivity contribution in [2.24, 2.45) is 12.0 Å². The highest BCUT2D eigenvalue weighted by Gasteiger charge is 2.28. The van der Waals surface area contributed by atoms with Gasteiger partial charge in [0.2, 0.25) is 0 Å². The van der Waals surface area contributed by atoms with Gasteiger partial charge in [0.1, 0.15) is 5.82 Å². The van der Waals surface area contributed by atoms with E-state index in [0.29, 0.717) is 25.7 Å². The van der Waals surface area contributed by atoms with E-state index in [1.165, 1.54) is 11.6 Å². The van der Waals surface area contributed by atoms with Gasteiger partial charge in [0.25, 0.3) is 0 Å². The van der Waals surface area contributed by atoms with Crippen LogP contribution in [0.15, 0.2) is 41.7 Å². The topological polar surface area (TPSA) is 57.9 Å². The van der Waals surface area contributed by atoms with Gasteiger partial charge < -0.3 is 15.0 Å². The first-order valence-corrected chi connectivity index (χ1v) is 11.2. The number of rotatable bonds is 6. The minimum Gasteiger partial charge on any atom is -0.379 e. The summed E-state index contributed by atoms with van der Waals surface area (Å²) >= 11 is 0. The second kappa shape index (κ2) is 11.9. The second-order valence-electron chi connectivity index (χ2n) is 8.29. The van der Waals surface area contributed by atoms with Gasteiger partial charge in [-0.1, -0.05) is 12.1 Å². The molecule has 4 rings (SSSR count). The van der Waals surface area contributed by atoms with Gasteiger partial charge in [0.15, 0.2) is 5.96 Å². The van der Waals surface area contributed by atoms with Crippen LogP contribution in [0.2, 0.25) is 0 Å². The quantitative estimate of drug-likeness (QED) is 0.337. The van der Waals surface area contributed by atoms with Crippen molar-refractivity contribution in [3.8, 4) is 0 Å². The number of benzene rings is 1. The molecule has 2 unspecified atom stereocenters. The van der Waals surface area contributed by atoms with Crippen molar-refractivity contribution in [1.29, 1.82) is 0 Å². The third kappa shape index (κ3) is 6.20. The fraction of sp³-hybridized carbons (Fsp3) is 0.565. The number of ether oxygens (including phenoxy) is 1. The Kier molecular flexibility index (Phi) is 9.30. The third-order valence-corrected chi connectivity index (χ3v) is 6.15. The Bertz CT molecular complexity index is 885. The molecule has 9 heteroatoms. The summed E-state index contributed by atoms with van der Waals surface area (Å²) in [5.74, 6) is 1.20. The fourth-order valence-corrected chi connectivity index (χ4v) is 4.51. The summed E-state index contributed by atoms with van der Waals surface area (Å²) in [7, 11) is 1.96. The summed E-state index contributed by atoms with van der Waals surface area (Å²) in [5.41, 5.74) is 2.25. The maximum atomic E-state index is 14.0. The van der Waals surface area contributed by atoms with E-state index < -0.39 is 0 Å². The molecule has 2 fully saturated rings. The molecule has 0 amide bonds. The third-order valence-electron chi connectivity index (χ3n) is 6.15.